The Hall–Kier alpha value is -1.84. The Morgan fingerprint density at radius 1 is 1.15 bits per heavy atom. The molecule has 0 fully saturated rings. The predicted molar refractivity (Wildman–Crippen MR) is 46.9 cm³/mol. The first-order valence-electron chi connectivity index (χ1n) is 3.64. The van der Waals surface area contributed by atoms with Crippen LogP contribution in [-0.2, 0) is 4.79 Å². The van der Waals surface area contributed by atoms with Gasteiger partial charge in [-0.25, -0.2) is 0 Å². The summed E-state index contributed by atoms with van der Waals surface area (Å²) >= 11 is 0. The van der Waals surface area contributed by atoms with Crippen LogP contribution in [0.5, 0.6) is 0 Å². The molecule has 0 saturated heterocycles. The Balaban J connectivity index is 2.98. The molecule has 0 N–H and O–H groups in total. The number of hydrogen-bond donors (Lipinski definition) is 0. The minimum Gasteiger partial charge on any atom is -0.291 e. The monoisotopic (exact) mass is 177 g/mol. The van der Waals surface area contributed by atoms with E-state index in [4.69, 9.17) is 0 Å². The van der Waals surface area contributed by atoms with Gasteiger partial charge in [-0.3, -0.25) is 9.59 Å². The molecule has 0 unspecified atom stereocenters. The summed E-state index contributed by atoms with van der Waals surface area (Å²) in [5.41, 5.74) is 0.514. The van der Waals surface area contributed by atoms with Crippen LogP contribution in [0.2, 0.25) is 0 Å². The normalized spacial score (nSPS) is 9.31. The quantitative estimate of drug-likeness (QED) is 0.402. The number of Topliss-reactive ketones (excluding diaryl/α,β-unsaturated/α-hetero) is 2. The maximum absolute atomic E-state index is 11.1. The maximum atomic E-state index is 11.1. The molecule has 4 heteroatoms. The fraction of sp³-hybridized carbons (Fsp3) is 0.111. The van der Waals surface area contributed by atoms with Gasteiger partial charge in [0.05, 0.1) is 0 Å². The van der Waals surface area contributed by atoms with Crippen molar-refractivity contribution in [2.45, 2.75) is 6.92 Å². The predicted octanol–water partition coefficient (Wildman–Crippen LogP) is 1.86. The molecule has 0 heterocycles. The van der Waals surface area contributed by atoms with Gasteiger partial charge in [0.2, 0.25) is 5.78 Å². The number of hydrogen-bond acceptors (Lipinski definition) is 4. The van der Waals surface area contributed by atoms with E-state index in [1.54, 1.807) is 0 Å². The van der Waals surface area contributed by atoms with Gasteiger partial charge in [-0.1, -0.05) is 0 Å². The molecule has 0 aromatic heterocycles. The second-order valence-electron chi connectivity index (χ2n) is 2.52. The van der Waals surface area contributed by atoms with Gasteiger partial charge in [-0.15, -0.1) is 4.91 Å². The van der Waals surface area contributed by atoms with Crippen LogP contribution >= 0.6 is 0 Å². The molecule has 0 aliphatic heterocycles. The SMILES string of the molecule is CC(=O)C(=O)c1ccc(N=O)cc1. The summed E-state index contributed by atoms with van der Waals surface area (Å²) in [6.07, 6.45) is 0. The zero-order valence-electron chi connectivity index (χ0n) is 6.98. The first-order chi connectivity index (χ1) is 6.15. The molecule has 13 heavy (non-hydrogen) atoms. The van der Waals surface area contributed by atoms with E-state index in [2.05, 4.69) is 5.18 Å². The van der Waals surface area contributed by atoms with Crippen molar-refractivity contribution in [2.75, 3.05) is 0 Å². The molecule has 0 amide bonds. The van der Waals surface area contributed by atoms with Crippen LogP contribution in [-0.4, -0.2) is 11.6 Å². The van der Waals surface area contributed by atoms with Gasteiger partial charge in [0, 0.05) is 12.5 Å². The molecular weight excluding hydrogens is 170 g/mol. The number of rotatable bonds is 3. The smallest absolute Gasteiger partial charge is 0.228 e. The van der Waals surface area contributed by atoms with Crippen molar-refractivity contribution < 1.29 is 9.59 Å². The third-order valence-electron chi connectivity index (χ3n) is 1.55. The number of carbonyl (C=O) groups excluding carboxylic acids is 2. The standard InChI is InChI=1S/C9H7NO3/c1-6(11)9(12)7-2-4-8(10-13)5-3-7/h2-5H,1H3. The Kier molecular flexibility index (Phi) is 2.64. The lowest BCUT2D eigenvalue weighted by Crippen LogP contribution is -2.08. The summed E-state index contributed by atoms with van der Waals surface area (Å²) in [5, 5.41) is 2.67. The first kappa shape index (κ1) is 9.25. The number of benzene rings is 1. The van der Waals surface area contributed by atoms with E-state index in [0.717, 1.165) is 0 Å². The van der Waals surface area contributed by atoms with Gasteiger partial charge in [-0.2, -0.15) is 0 Å². The molecule has 1 aromatic carbocycles. The third-order valence-corrected chi connectivity index (χ3v) is 1.55. The van der Waals surface area contributed by atoms with Crippen molar-refractivity contribution in [1.82, 2.24) is 0 Å². The van der Waals surface area contributed by atoms with Gasteiger partial charge in [0.1, 0.15) is 5.69 Å². The number of nitrogens with zero attached hydrogens (tertiary/aromatic N) is 1. The van der Waals surface area contributed by atoms with Crippen LogP contribution in [0.25, 0.3) is 0 Å². The summed E-state index contributed by atoms with van der Waals surface area (Å²) < 4.78 is 0. The Morgan fingerprint density at radius 2 is 1.69 bits per heavy atom. The molecule has 0 saturated carbocycles. The van der Waals surface area contributed by atoms with Crippen molar-refractivity contribution in [3.05, 3.63) is 34.7 Å². The van der Waals surface area contributed by atoms with Crippen LogP contribution in [0.4, 0.5) is 5.69 Å². The van der Waals surface area contributed by atoms with Crippen molar-refractivity contribution >= 4 is 17.3 Å². The molecule has 1 aromatic rings. The second kappa shape index (κ2) is 3.71. The van der Waals surface area contributed by atoms with Gasteiger partial charge in [-0.05, 0) is 29.4 Å². The van der Waals surface area contributed by atoms with Crippen LogP contribution in [0.1, 0.15) is 17.3 Å². The van der Waals surface area contributed by atoms with Gasteiger partial charge in [0.15, 0.2) is 5.78 Å². The molecule has 0 bridgehead atoms. The minimum absolute atomic E-state index is 0.236. The van der Waals surface area contributed by atoms with Gasteiger partial charge < -0.3 is 0 Å². The van der Waals surface area contributed by atoms with E-state index in [9.17, 15) is 14.5 Å². The highest BCUT2D eigenvalue weighted by Crippen LogP contribution is 2.12. The van der Waals surface area contributed by atoms with Crippen LogP contribution in [0, 0.1) is 4.91 Å². The van der Waals surface area contributed by atoms with Crippen molar-refractivity contribution in [3.8, 4) is 0 Å². The summed E-state index contributed by atoms with van der Waals surface area (Å²) in [4.78, 5) is 31.8. The largest absolute Gasteiger partial charge is 0.291 e. The zero-order valence-corrected chi connectivity index (χ0v) is 6.98. The van der Waals surface area contributed by atoms with E-state index in [-0.39, 0.29) is 11.3 Å². The average molecular weight is 177 g/mol. The van der Waals surface area contributed by atoms with Crippen molar-refractivity contribution in [1.29, 1.82) is 0 Å². The number of carbonyl (C=O) groups is 2. The van der Waals surface area contributed by atoms with E-state index in [1.165, 1.54) is 31.2 Å². The lowest BCUT2D eigenvalue weighted by Gasteiger charge is -1.95. The highest BCUT2D eigenvalue weighted by atomic mass is 16.3. The summed E-state index contributed by atoms with van der Waals surface area (Å²) in [5.74, 6) is -1.08. The van der Waals surface area contributed by atoms with E-state index >= 15 is 0 Å². The summed E-state index contributed by atoms with van der Waals surface area (Å²) in [6.45, 7) is 1.20. The molecule has 0 aliphatic carbocycles. The molecule has 4 nitrogen and oxygen atoms in total. The fourth-order valence-corrected chi connectivity index (χ4v) is 0.877. The van der Waals surface area contributed by atoms with Crippen LogP contribution in [0.15, 0.2) is 29.4 Å². The van der Waals surface area contributed by atoms with Gasteiger partial charge >= 0.3 is 0 Å². The molecule has 1 rings (SSSR count). The number of ketones is 2. The Bertz CT molecular complexity index is 354. The molecule has 0 radical (unpaired) electrons. The zero-order chi connectivity index (χ0) is 9.84. The third kappa shape index (κ3) is 2.05. The van der Waals surface area contributed by atoms with Crippen LogP contribution < -0.4 is 0 Å². The summed E-state index contributed by atoms with van der Waals surface area (Å²) in [7, 11) is 0. The topological polar surface area (TPSA) is 63.6 Å². The lowest BCUT2D eigenvalue weighted by atomic mass is 10.1. The van der Waals surface area contributed by atoms with Crippen molar-refractivity contribution in [2.24, 2.45) is 5.18 Å². The van der Waals surface area contributed by atoms with E-state index in [0.29, 0.717) is 0 Å². The van der Waals surface area contributed by atoms with E-state index < -0.39 is 11.6 Å². The molecule has 66 valence electrons. The lowest BCUT2D eigenvalue weighted by molar-refractivity contribution is -0.113. The molecule has 0 atom stereocenters. The maximum Gasteiger partial charge on any atom is 0.228 e. The molecule has 0 aliphatic rings. The highest BCUT2D eigenvalue weighted by molar-refractivity contribution is 6.42. The molecule has 0 spiro atoms. The fourth-order valence-electron chi connectivity index (χ4n) is 0.877. The highest BCUT2D eigenvalue weighted by Gasteiger charge is 2.10. The molecular formula is C9H7NO3. The first-order valence-corrected chi connectivity index (χ1v) is 3.64. The van der Waals surface area contributed by atoms with Crippen molar-refractivity contribution in [3.63, 3.8) is 0 Å². The Labute approximate surface area is 74.5 Å². The Morgan fingerprint density at radius 3 is 2.08 bits per heavy atom. The minimum atomic E-state index is -0.558. The summed E-state index contributed by atoms with van der Waals surface area (Å²) in [6, 6.07) is 5.59. The second-order valence-corrected chi connectivity index (χ2v) is 2.52. The van der Waals surface area contributed by atoms with Crippen LogP contribution in [0.3, 0.4) is 0 Å². The number of nitroso groups, excluding NO2 is 1. The van der Waals surface area contributed by atoms with E-state index in [1.807, 2.05) is 0 Å². The van der Waals surface area contributed by atoms with Gasteiger partial charge in [0.25, 0.3) is 0 Å². The average Bonchev–Trinajstić information content (AvgIpc) is 2.17.